The minimum atomic E-state index is -1.19. The van der Waals surface area contributed by atoms with Crippen molar-refractivity contribution in [2.75, 3.05) is 5.73 Å². The van der Waals surface area contributed by atoms with Gasteiger partial charge in [-0.05, 0) is 24.6 Å². The molecule has 0 fully saturated rings. The van der Waals surface area contributed by atoms with Gasteiger partial charge in [0.2, 0.25) is 0 Å². The fraction of sp³-hybridized carbons (Fsp3) is 0.200. The Morgan fingerprint density at radius 2 is 2.00 bits per heavy atom. The van der Waals surface area contributed by atoms with Crippen molar-refractivity contribution in [3.05, 3.63) is 29.8 Å². The number of nitrogens with two attached hydrogens (primary N) is 1. The molecule has 0 saturated heterocycles. The van der Waals surface area contributed by atoms with E-state index < -0.39 is 4.87 Å². The van der Waals surface area contributed by atoms with Crippen molar-refractivity contribution in [2.45, 2.75) is 11.8 Å². The Hall–Kier alpha value is -1.55. The summed E-state index contributed by atoms with van der Waals surface area (Å²) in [6.45, 7) is 1.71. The molecule has 0 saturated carbocycles. The van der Waals surface area contributed by atoms with Crippen LogP contribution in [0.1, 0.15) is 12.5 Å². The second-order valence-electron chi connectivity index (χ2n) is 3.42. The van der Waals surface area contributed by atoms with E-state index in [9.17, 15) is 4.79 Å². The van der Waals surface area contributed by atoms with Gasteiger partial charge in [0, 0.05) is 5.69 Å². The number of hydrazone groups is 1. The third-order valence-corrected chi connectivity index (χ3v) is 3.11. The normalized spacial score (nSPS) is 24.9. The van der Waals surface area contributed by atoms with E-state index in [1.807, 2.05) is 0 Å². The third-order valence-electron chi connectivity index (χ3n) is 2.45. The zero-order chi connectivity index (χ0) is 11.1. The van der Waals surface area contributed by atoms with Gasteiger partial charge >= 0.3 is 0 Å². The summed E-state index contributed by atoms with van der Waals surface area (Å²) in [6, 6.07) is 6.87. The number of alkyl halides is 1. The Kier molecular flexibility index (Phi) is 2.16. The van der Waals surface area contributed by atoms with Crippen LogP contribution in [0.3, 0.4) is 0 Å². The zero-order valence-electron chi connectivity index (χ0n) is 8.12. The van der Waals surface area contributed by atoms with Gasteiger partial charge in [0.1, 0.15) is 0 Å². The van der Waals surface area contributed by atoms with Crippen LogP contribution in [0, 0.1) is 0 Å². The maximum atomic E-state index is 11.6. The first-order chi connectivity index (χ1) is 7.05. The lowest BCUT2D eigenvalue weighted by atomic mass is 9.94. The van der Waals surface area contributed by atoms with Crippen molar-refractivity contribution >= 4 is 28.9 Å². The van der Waals surface area contributed by atoms with Crippen LogP contribution in [0.15, 0.2) is 29.4 Å². The van der Waals surface area contributed by atoms with Gasteiger partial charge in [0.05, 0.1) is 5.71 Å². The number of nitrogen functional groups attached to an aromatic ring is 1. The average Bonchev–Trinajstić information content (AvgIpc) is 2.48. The van der Waals surface area contributed by atoms with E-state index in [1.54, 1.807) is 31.2 Å². The summed E-state index contributed by atoms with van der Waals surface area (Å²) in [5, 5.41) is 3.82. The number of hydrogen-bond acceptors (Lipinski definition) is 3. The predicted molar refractivity (Wildman–Crippen MR) is 59.6 cm³/mol. The highest BCUT2D eigenvalue weighted by molar-refractivity contribution is 6.47. The summed E-state index contributed by atoms with van der Waals surface area (Å²) in [6.07, 6.45) is 0. The van der Waals surface area contributed by atoms with E-state index in [1.165, 1.54) is 0 Å². The number of hydrogen-bond donors (Lipinski definition) is 2. The van der Waals surface area contributed by atoms with Crippen molar-refractivity contribution < 1.29 is 4.79 Å². The Morgan fingerprint density at radius 3 is 2.47 bits per heavy atom. The van der Waals surface area contributed by atoms with Crippen LogP contribution in [-0.4, -0.2) is 11.6 Å². The molecule has 1 aromatic rings. The van der Waals surface area contributed by atoms with Gasteiger partial charge in [0.15, 0.2) is 4.87 Å². The molecule has 78 valence electrons. The van der Waals surface area contributed by atoms with Crippen LogP contribution in [0.4, 0.5) is 5.69 Å². The van der Waals surface area contributed by atoms with Gasteiger partial charge in [-0.25, -0.2) is 5.43 Å². The van der Waals surface area contributed by atoms with Crippen LogP contribution in [-0.2, 0) is 9.67 Å². The lowest BCUT2D eigenvalue weighted by Gasteiger charge is -2.18. The summed E-state index contributed by atoms with van der Waals surface area (Å²) in [5.41, 5.74) is 9.77. The van der Waals surface area contributed by atoms with Crippen LogP contribution < -0.4 is 11.2 Å². The molecule has 5 heteroatoms. The highest BCUT2D eigenvalue weighted by Gasteiger charge is 2.45. The van der Waals surface area contributed by atoms with Gasteiger partial charge in [-0.15, -0.1) is 0 Å². The molecule has 1 unspecified atom stereocenters. The van der Waals surface area contributed by atoms with E-state index in [0.29, 0.717) is 17.0 Å². The van der Waals surface area contributed by atoms with Crippen LogP contribution in [0.2, 0.25) is 0 Å². The minimum Gasteiger partial charge on any atom is -0.399 e. The number of rotatable bonds is 1. The maximum Gasteiger partial charge on any atom is 0.271 e. The first-order valence-corrected chi connectivity index (χ1v) is 4.83. The molecule has 1 heterocycles. The van der Waals surface area contributed by atoms with Crippen LogP contribution >= 0.6 is 11.6 Å². The van der Waals surface area contributed by atoms with Gasteiger partial charge in [-0.2, -0.15) is 5.10 Å². The SMILES string of the molecule is CC1=NNC(=O)C1(Cl)c1ccc(N)cc1. The molecule has 0 aromatic heterocycles. The van der Waals surface area contributed by atoms with E-state index in [4.69, 9.17) is 17.3 Å². The quantitative estimate of drug-likeness (QED) is 0.555. The number of carbonyl (C=O) groups excluding carboxylic acids is 1. The van der Waals surface area contributed by atoms with E-state index in [2.05, 4.69) is 10.5 Å². The Bertz CT molecular complexity index is 440. The summed E-state index contributed by atoms with van der Waals surface area (Å²) in [7, 11) is 0. The highest BCUT2D eigenvalue weighted by Crippen LogP contribution is 2.34. The van der Waals surface area contributed by atoms with Crippen LogP contribution in [0.5, 0.6) is 0 Å². The number of halogens is 1. The highest BCUT2D eigenvalue weighted by atomic mass is 35.5. The fourth-order valence-electron chi connectivity index (χ4n) is 1.51. The van der Waals surface area contributed by atoms with Gasteiger partial charge in [-0.1, -0.05) is 23.7 Å². The third kappa shape index (κ3) is 1.37. The number of nitrogens with one attached hydrogen (secondary N) is 1. The standard InChI is InChI=1S/C10H10ClN3O/c1-6-10(11,9(15)14-13-6)7-2-4-8(12)5-3-7/h2-5H,12H2,1H3,(H,14,15). The molecule has 3 N–H and O–H groups in total. The number of anilines is 1. The lowest BCUT2D eigenvalue weighted by molar-refractivity contribution is -0.121. The zero-order valence-corrected chi connectivity index (χ0v) is 8.88. The summed E-state index contributed by atoms with van der Waals surface area (Å²) in [5.74, 6) is -0.327. The molecule has 1 aromatic carbocycles. The molecule has 4 nitrogen and oxygen atoms in total. The van der Waals surface area contributed by atoms with E-state index in [-0.39, 0.29) is 5.91 Å². The molecular weight excluding hydrogens is 214 g/mol. The molecule has 0 aliphatic carbocycles. The molecule has 2 rings (SSSR count). The van der Waals surface area contributed by atoms with Crippen molar-refractivity contribution in [3.8, 4) is 0 Å². The smallest absolute Gasteiger partial charge is 0.271 e. The maximum absolute atomic E-state index is 11.6. The van der Waals surface area contributed by atoms with Gasteiger partial charge in [-0.3, -0.25) is 4.79 Å². The number of nitrogens with zero attached hydrogens (tertiary/aromatic N) is 1. The summed E-state index contributed by atoms with van der Waals surface area (Å²) >= 11 is 6.27. The lowest BCUT2D eigenvalue weighted by Crippen LogP contribution is -2.36. The van der Waals surface area contributed by atoms with Gasteiger partial charge < -0.3 is 5.73 Å². The van der Waals surface area contributed by atoms with Gasteiger partial charge in [0.25, 0.3) is 5.91 Å². The Balaban J connectivity index is 2.49. The summed E-state index contributed by atoms with van der Waals surface area (Å²) in [4.78, 5) is 10.4. The second-order valence-corrected chi connectivity index (χ2v) is 3.99. The first kappa shape index (κ1) is 9.98. The number of benzene rings is 1. The second kappa shape index (κ2) is 3.24. The molecule has 0 bridgehead atoms. The Morgan fingerprint density at radius 1 is 1.40 bits per heavy atom. The molecule has 15 heavy (non-hydrogen) atoms. The molecular formula is C10H10ClN3O. The number of amides is 1. The van der Waals surface area contributed by atoms with Crippen LogP contribution in [0.25, 0.3) is 0 Å². The molecule has 1 aliphatic heterocycles. The topological polar surface area (TPSA) is 67.5 Å². The number of carbonyl (C=O) groups is 1. The van der Waals surface area contributed by atoms with Crippen molar-refractivity contribution in [1.82, 2.24) is 5.43 Å². The Labute approximate surface area is 92.1 Å². The van der Waals surface area contributed by atoms with E-state index in [0.717, 1.165) is 0 Å². The molecule has 0 radical (unpaired) electrons. The summed E-state index contributed by atoms with van der Waals surface area (Å²) < 4.78 is 0. The molecule has 1 amide bonds. The largest absolute Gasteiger partial charge is 0.399 e. The molecule has 1 aliphatic rings. The van der Waals surface area contributed by atoms with Crippen molar-refractivity contribution in [3.63, 3.8) is 0 Å². The monoisotopic (exact) mass is 223 g/mol. The fourth-order valence-corrected chi connectivity index (χ4v) is 1.72. The van der Waals surface area contributed by atoms with Crippen molar-refractivity contribution in [2.24, 2.45) is 5.10 Å². The first-order valence-electron chi connectivity index (χ1n) is 4.45. The van der Waals surface area contributed by atoms with Crippen molar-refractivity contribution in [1.29, 1.82) is 0 Å². The average molecular weight is 224 g/mol. The van der Waals surface area contributed by atoms with E-state index >= 15 is 0 Å². The predicted octanol–water partition coefficient (Wildman–Crippen LogP) is 1.21. The minimum absolute atomic E-state index is 0.327. The molecule has 1 atom stereocenters. The molecule has 0 spiro atoms.